The third-order valence-electron chi connectivity index (χ3n) is 3.87. The third-order valence-corrected chi connectivity index (χ3v) is 4.43. The molecular weight excluding hydrogens is 373 g/mol. The van der Waals surface area contributed by atoms with E-state index in [0.29, 0.717) is 34.5 Å². The molecule has 1 N–H and O–H groups in total. The molecule has 0 heterocycles. The smallest absolute Gasteiger partial charge is 0.251 e. The highest BCUT2D eigenvalue weighted by Crippen LogP contribution is 2.34. The predicted octanol–water partition coefficient (Wildman–Crippen LogP) is 5.50. The summed E-state index contributed by atoms with van der Waals surface area (Å²) in [6.45, 7) is 3.07. The number of carbonyl (C=O) groups is 1. The number of halogens is 2. The molecule has 0 saturated heterocycles. The van der Waals surface area contributed by atoms with Crippen molar-refractivity contribution in [2.75, 3.05) is 13.7 Å². The van der Waals surface area contributed by atoms with Gasteiger partial charge in [0.15, 0.2) is 5.75 Å². The Balaban J connectivity index is 1.97. The molecule has 0 saturated carbocycles. The van der Waals surface area contributed by atoms with Gasteiger partial charge in [-0.05, 0) is 36.2 Å². The number of ether oxygens (including phenoxy) is 2. The van der Waals surface area contributed by atoms with E-state index in [-0.39, 0.29) is 5.91 Å². The Kier molecular flexibility index (Phi) is 8.07. The average molecular weight is 396 g/mol. The monoisotopic (exact) mass is 395 g/mol. The van der Waals surface area contributed by atoms with Gasteiger partial charge in [-0.3, -0.25) is 4.79 Å². The summed E-state index contributed by atoms with van der Waals surface area (Å²) < 4.78 is 10.8. The highest BCUT2D eigenvalue weighted by molar-refractivity contribution is 6.37. The summed E-state index contributed by atoms with van der Waals surface area (Å²) in [6, 6.07) is 10.6. The van der Waals surface area contributed by atoms with Crippen LogP contribution in [0.5, 0.6) is 11.5 Å². The third kappa shape index (κ3) is 5.82. The molecule has 2 rings (SSSR count). The molecule has 0 aliphatic rings. The molecule has 26 heavy (non-hydrogen) atoms. The van der Waals surface area contributed by atoms with E-state index in [0.717, 1.165) is 30.6 Å². The first-order valence-corrected chi connectivity index (χ1v) is 9.33. The van der Waals surface area contributed by atoms with E-state index in [9.17, 15) is 4.79 Å². The Hall–Kier alpha value is -1.91. The van der Waals surface area contributed by atoms with Crippen molar-refractivity contribution in [3.05, 3.63) is 57.6 Å². The van der Waals surface area contributed by atoms with Crippen LogP contribution < -0.4 is 14.8 Å². The molecule has 0 aliphatic heterocycles. The molecule has 0 bridgehead atoms. The molecule has 6 heteroatoms. The van der Waals surface area contributed by atoms with E-state index in [4.69, 9.17) is 32.7 Å². The Labute approximate surface area is 164 Å². The number of carbonyl (C=O) groups excluding carboxylic acids is 1. The molecule has 140 valence electrons. The van der Waals surface area contributed by atoms with Crippen molar-refractivity contribution in [2.45, 2.75) is 32.7 Å². The molecule has 4 nitrogen and oxygen atoms in total. The second kappa shape index (κ2) is 10.3. The Morgan fingerprint density at radius 3 is 2.31 bits per heavy atom. The van der Waals surface area contributed by atoms with Crippen LogP contribution in [0.3, 0.4) is 0 Å². The van der Waals surface area contributed by atoms with Crippen molar-refractivity contribution in [1.82, 2.24) is 5.32 Å². The fraction of sp³-hybridized carbons (Fsp3) is 0.350. The first kappa shape index (κ1) is 20.4. The first-order chi connectivity index (χ1) is 12.5. The molecule has 0 aromatic heterocycles. The van der Waals surface area contributed by atoms with Crippen LogP contribution in [0.4, 0.5) is 0 Å². The van der Waals surface area contributed by atoms with Gasteiger partial charge in [0.25, 0.3) is 5.91 Å². The van der Waals surface area contributed by atoms with Crippen molar-refractivity contribution >= 4 is 29.1 Å². The lowest BCUT2D eigenvalue weighted by Crippen LogP contribution is -2.22. The number of hydrogen-bond acceptors (Lipinski definition) is 3. The van der Waals surface area contributed by atoms with Gasteiger partial charge in [-0.25, -0.2) is 0 Å². The van der Waals surface area contributed by atoms with E-state index < -0.39 is 0 Å². The lowest BCUT2D eigenvalue weighted by molar-refractivity contribution is 0.0951. The lowest BCUT2D eigenvalue weighted by atomic mass is 10.1. The van der Waals surface area contributed by atoms with Crippen molar-refractivity contribution in [3.63, 3.8) is 0 Å². The standard InChI is InChI=1S/C20H23Cl2NO3/c1-3-4-5-10-26-19-17(21)11-15(12-18(19)22)20(24)23-13-14-6-8-16(25-2)9-7-14/h6-9,11-12H,3-5,10,13H2,1-2H3,(H,23,24). The second-order valence-electron chi connectivity index (χ2n) is 5.86. The van der Waals surface area contributed by atoms with Gasteiger partial charge in [0.1, 0.15) is 5.75 Å². The van der Waals surface area contributed by atoms with Crippen LogP contribution in [0.15, 0.2) is 36.4 Å². The van der Waals surface area contributed by atoms with Crippen LogP contribution in [0.25, 0.3) is 0 Å². The van der Waals surface area contributed by atoms with E-state index in [1.807, 2.05) is 24.3 Å². The fourth-order valence-corrected chi connectivity index (χ4v) is 2.98. The highest BCUT2D eigenvalue weighted by atomic mass is 35.5. The van der Waals surface area contributed by atoms with Gasteiger partial charge in [0.2, 0.25) is 0 Å². The number of unbranched alkanes of at least 4 members (excludes halogenated alkanes) is 2. The summed E-state index contributed by atoms with van der Waals surface area (Å²) >= 11 is 12.5. The maximum atomic E-state index is 12.4. The molecule has 2 aromatic carbocycles. The van der Waals surface area contributed by atoms with Gasteiger partial charge < -0.3 is 14.8 Å². The van der Waals surface area contributed by atoms with E-state index >= 15 is 0 Å². The van der Waals surface area contributed by atoms with Crippen LogP contribution in [0, 0.1) is 0 Å². The first-order valence-electron chi connectivity index (χ1n) is 8.58. The van der Waals surface area contributed by atoms with Gasteiger partial charge in [-0.1, -0.05) is 55.1 Å². The molecule has 0 atom stereocenters. The minimum absolute atomic E-state index is 0.248. The van der Waals surface area contributed by atoms with Gasteiger partial charge >= 0.3 is 0 Å². The van der Waals surface area contributed by atoms with Gasteiger partial charge in [0.05, 0.1) is 23.8 Å². The minimum Gasteiger partial charge on any atom is -0.497 e. The molecule has 0 aliphatic carbocycles. The van der Waals surface area contributed by atoms with Crippen LogP contribution >= 0.6 is 23.2 Å². The summed E-state index contributed by atoms with van der Waals surface area (Å²) in [7, 11) is 1.61. The van der Waals surface area contributed by atoms with E-state index in [1.54, 1.807) is 19.2 Å². The number of rotatable bonds is 9. The molecule has 0 spiro atoms. The van der Waals surface area contributed by atoms with Crippen LogP contribution in [0.1, 0.15) is 42.1 Å². The number of benzene rings is 2. The zero-order valence-electron chi connectivity index (χ0n) is 15.0. The number of hydrogen-bond donors (Lipinski definition) is 1. The molecule has 0 unspecified atom stereocenters. The maximum absolute atomic E-state index is 12.4. The zero-order chi connectivity index (χ0) is 18.9. The minimum atomic E-state index is -0.248. The highest BCUT2D eigenvalue weighted by Gasteiger charge is 2.14. The van der Waals surface area contributed by atoms with E-state index in [1.165, 1.54) is 0 Å². The Morgan fingerprint density at radius 1 is 1.08 bits per heavy atom. The Bertz CT molecular complexity index is 709. The lowest BCUT2D eigenvalue weighted by Gasteiger charge is -2.12. The Morgan fingerprint density at radius 2 is 1.73 bits per heavy atom. The molecular formula is C20H23Cl2NO3. The number of methoxy groups -OCH3 is 1. The zero-order valence-corrected chi connectivity index (χ0v) is 16.5. The van der Waals surface area contributed by atoms with Crippen molar-refractivity contribution in [3.8, 4) is 11.5 Å². The van der Waals surface area contributed by atoms with Crippen LogP contribution in [-0.4, -0.2) is 19.6 Å². The maximum Gasteiger partial charge on any atom is 0.251 e. The topological polar surface area (TPSA) is 47.6 Å². The molecule has 1 amide bonds. The van der Waals surface area contributed by atoms with Crippen molar-refractivity contribution in [1.29, 1.82) is 0 Å². The normalized spacial score (nSPS) is 10.5. The fourth-order valence-electron chi connectivity index (χ4n) is 2.38. The summed E-state index contributed by atoms with van der Waals surface area (Å²) in [5.74, 6) is 0.950. The summed E-state index contributed by atoms with van der Waals surface area (Å²) in [5, 5.41) is 3.52. The molecule has 0 fully saturated rings. The van der Waals surface area contributed by atoms with Crippen molar-refractivity contribution in [2.24, 2.45) is 0 Å². The van der Waals surface area contributed by atoms with Crippen LogP contribution in [0.2, 0.25) is 10.0 Å². The average Bonchev–Trinajstić information content (AvgIpc) is 2.65. The van der Waals surface area contributed by atoms with E-state index in [2.05, 4.69) is 12.2 Å². The quantitative estimate of drug-likeness (QED) is 0.570. The largest absolute Gasteiger partial charge is 0.497 e. The summed E-state index contributed by atoms with van der Waals surface area (Å²) in [6.07, 6.45) is 3.13. The SMILES string of the molecule is CCCCCOc1c(Cl)cc(C(=O)NCc2ccc(OC)cc2)cc1Cl. The van der Waals surface area contributed by atoms with Gasteiger partial charge in [-0.15, -0.1) is 0 Å². The summed E-state index contributed by atoms with van der Waals surface area (Å²) in [4.78, 5) is 12.4. The van der Waals surface area contributed by atoms with Gasteiger partial charge in [-0.2, -0.15) is 0 Å². The molecule has 2 aromatic rings. The second-order valence-corrected chi connectivity index (χ2v) is 6.67. The number of amides is 1. The van der Waals surface area contributed by atoms with Crippen molar-refractivity contribution < 1.29 is 14.3 Å². The number of nitrogens with one attached hydrogen (secondary N) is 1. The predicted molar refractivity (Wildman–Crippen MR) is 106 cm³/mol. The van der Waals surface area contributed by atoms with Crippen LogP contribution in [-0.2, 0) is 6.54 Å². The molecule has 0 radical (unpaired) electrons. The van der Waals surface area contributed by atoms with Gasteiger partial charge in [0, 0.05) is 12.1 Å². The summed E-state index contributed by atoms with van der Waals surface area (Å²) in [5.41, 5.74) is 1.36.